The van der Waals surface area contributed by atoms with Crippen LogP contribution < -0.4 is 18.9 Å². The summed E-state index contributed by atoms with van der Waals surface area (Å²) >= 11 is 0. The Balaban J connectivity index is 1.29. The fourth-order valence-electron chi connectivity index (χ4n) is 4.42. The third-order valence-corrected chi connectivity index (χ3v) is 7.06. The van der Waals surface area contributed by atoms with Crippen molar-refractivity contribution >= 4 is 24.2 Å². The van der Waals surface area contributed by atoms with Crippen molar-refractivity contribution in [2.45, 2.75) is 65.2 Å². The summed E-state index contributed by atoms with van der Waals surface area (Å²) in [7, 11) is 0. The summed E-state index contributed by atoms with van der Waals surface area (Å²) in [6, 6.07) is 13.2. The Morgan fingerprint density at radius 1 is 0.500 bits per heavy atom. The van der Waals surface area contributed by atoms with E-state index in [1.807, 2.05) is 13.8 Å². The van der Waals surface area contributed by atoms with E-state index in [-0.39, 0.29) is 50.2 Å². The number of ether oxygens (including phenoxy) is 8. The lowest BCUT2D eigenvalue weighted by Crippen LogP contribution is -2.30. The molecule has 0 heterocycles. The van der Waals surface area contributed by atoms with E-state index >= 15 is 0 Å². The number of hydrogen-bond donors (Lipinski definition) is 0. The standard InChI is InChI=1S/C34H44O12/c1-3-5-19-41-33(37)43-23-21-39-27-11-15-29(16-12-27)45-31(35)25-7-9-26(10-8-25)32(36)46-30-17-13-28(14-18-30)40-22-24-44-34(38)42-20-6-4-2/h11-18,25-26H,3-10,19-24H2,1-2H3/t25-,26-. The predicted octanol–water partition coefficient (Wildman–Crippen LogP) is 6.67. The Morgan fingerprint density at radius 3 is 1.17 bits per heavy atom. The number of benzene rings is 2. The van der Waals surface area contributed by atoms with Crippen LogP contribution in [0.15, 0.2) is 48.5 Å². The largest absolute Gasteiger partial charge is 0.508 e. The third kappa shape index (κ3) is 13.7. The van der Waals surface area contributed by atoms with Gasteiger partial charge in [-0.25, -0.2) is 9.59 Å². The summed E-state index contributed by atoms with van der Waals surface area (Å²) in [6.45, 7) is 5.08. The molecule has 0 bridgehead atoms. The summed E-state index contributed by atoms with van der Waals surface area (Å²) in [6.07, 6.45) is 4.05. The molecule has 2 aromatic rings. The van der Waals surface area contributed by atoms with Gasteiger partial charge in [0.2, 0.25) is 0 Å². The minimum Gasteiger partial charge on any atom is -0.490 e. The SMILES string of the molecule is CCCCOC(=O)OCCOc1ccc(OC(=O)[C@H]2CC[C@H](C(=O)Oc3ccc(OCCOC(=O)OCCCC)cc3)CC2)cc1. The Morgan fingerprint density at radius 2 is 0.826 bits per heavy atom. The Hall–Kier alpha value is -4.48. The van der Waals surface area contributed by atoms with Crippen molar-refractivity contribution in [3.63, 3.8) is 0 Å². The second-order valence-electron chi connectivity index (χ2n) is 10.6. The van der Waals surface area contributed by atoms with E-state index in [2.05, 4.69) is 0 Å². The van der Waals surface area contributed by atoms with Gasteiger partial charge in [0.05, 0.1) is 25.0 Å². The smallest absolute Gasteiger partial charge is 0.490 e. The van der Waals surface area contributed by atoms with Crippen molar-refractivity contribution in [1.29, 1.82) is 0 Å². The van der Waals surface area contributed by atoms with Gasteiger partial charge >= 0.3 is 24.2 Å². The van der Waals surface area contributed by atoms with Gasteiger partial charge in [-0.1, -0.05) is 26.7 Å². The highest BCUT2D eigenvalue weighted by Crippen LogP contribution is 2.32. The molecule has 2 aromatic carbocycles. The fourth-order valence-corrected chi connectivity index (χ4v) is 4.42. The summed E-state index contributed by atoms with van der Waals surface area (Å²) in [4.78, 5) is 48.3. The zero-order valence-electron chi connectivity index (χ0n) is 26.6. The first kappa shape index (κ1) is 36.0. The van der Waals surface area contributed by atoms with Crippen LogP contribution in [0.1, 0.15) is 65.2 Å². The molecule has 0 amide bonds. The minimum atomic E-state index is -0.717. The molecule has 0 spiro atoms. The average molecular weight is 645 g/mol. The second kappa shape index (κ2) is 20.5. The Kier molecular flexibility index (Phi) is 16.1. The van der Waals surface area contributed by atoms with Crippen molar-refractivity contribution in [2.75, 3.05) is 39.6 Å². The zero-order chi connectivity index (χ0) is 33.0. The third-order valence-electron chi connectivity index (χ3n) is 7.06. The van der Waals surface area contributed by atoms with Crippen LogP contribution in [0.3, 0.4) is 0 Å². The molecule has 1 fully saturated rings. The maximum absolute atomic E-state index is 12.7. The van der Waals surface area contributed by atoms with E-state index < -0.39 is 12.3 Å². The van der Waals surface area contributed by atoms with Gasteiger partial charge in [0, 0.05) is 0 Å². The van der Waals surface area contributed by atoms with E-state index in [1.165, 1.54) is 0 Å². The zero-order valence-corrected chi connectivity index (χ0v) is 26.6. The van der Waals surface area contributed by atoms with Crippen LogP contribution in [0.25, 0.3) is 0 Å². The molecule has 1 aliphatic carbocycles. The van der Waals surface area contributed by atoms with Crippen molar-refractivity contribution in [1.82, 2.24) is 0 Å². The van der Waals surface area contributed by atoms with Crippen LogP contribution in [0, 0.1) is 11.8 Å². The van der Waals surface area contributed by atoms with E-state index in [0.717, 1.165) is 25.7 Å². The fraction of sp³-hybridized carbons (Fsp3) is 0.529. The van der Waals surface area contributed by atoms with Gasteiger partial charge in [0.25, 0.3) is 0 Å². The summed E-state index contributed by atoms with van der Waals surface area (Å²) in [5.74, 6) is 0.542. The highest BCUT2D eigenvalue weighted by molar-refractivity contribution is 5.77. The van der Waals surface area contributed by atoms with E-state index in [4.69, 9.17) is 37.9 Å². The maximum atomic E-state index is 12.7. The maximum Gasteiger partial charge on any atom is 0.508 e. The summed E-state index contributed by atoms with van der Waals surface area (Å²) in [5.41, 5.74) is 0. The van der Waals surface area contributed by atoms with Gasteiger partial charge in [-0.05, 0) is 87.1 Å². The van der Waals surface area contributed by atoms with Gasteiger partial charge in [-0.15, -0.1) is 0 Å². The van der Waals surface area contributed by atoms with Crippen LogP contribution in [0.4, 0.5) is 9.59 Å². The quantitative estimate of drug-likeness (QED) is 0.0972. The molecule has 0 saturated heterocycles. The number of carbonyl (C=O) groups is 4. The van der Waals surface area contributed by atoms with Crippen LogP contribution in [-0.4, -0.2) is 63.9 Å². The highest BCUT2D eigenvalue weighted by Gasteiger charge is 2.32. The Labute approximate surface area is 269 Å². The molecular formula is C34H44O12. The number of carbonyl (C=O) groups excluding carboxylic acids is 4. The van der Waals surface area contributed by atoms with Gasteiger partial charge in [-0.3, -0.25) is 9.59 Å². The average Bonchev–Trinajstić information content (AvgIpc) is 3.07. The first-order valence-corrected chi connectivity index (χ1v) is 15.9. The first-order chi connectivity index (χ1) is 22.4. The molecule has 0 aliphatic heterocycles. The van der Waals surface area contributed by atoms with E-state index in [0.29, 0.717) is 61.9 Å². The molecule has 0 atom stereocenters. The van der Waals surface area contributed by atoms with Crippen molar-refractivity contribution in [3.8, 4) is 23.0 Å². The first-order valence-electron chi connectivity index (χ1n) is 15.9. The molecule has 0 radical (unpaired) electrons. The van der Waals surface area contributed by atoms with Crippen molar-refractivity contribution in [2.24, 2.45) is 11.8 Å². The van der Waals surface area contributed by atoms with Gasteiger partial charge in [0.1, 0.15) is 49.4 Å². The lowest BCUT2D eigenvalue weighted by atomic mass is 9.82. The van der Waals surface area contributed by atoms with Crippen LogP contribution in [0.5, 0.6) is 23.0 Å². The van der Waals surface area contributed by atoms with Gasteiger partial charge in [-0.2, -0.15) is 0 Å². The molecule has 1 aliphatic rings. The molecule has 1 saturated carbocycles. The van der Waals surface area contributed by atoms with Crippen LogP contribution in [-0.2, 0) is 28.5 Å². The predicted molar refractivity (Wildman–Crippen MR) is 165 cm³/mol. The molecular weight excluding hydrogens is 600 g/mol. The van der Waals surface area contributed by atoms with Crippen molar-refractivity contribution < 1.29 is 57.1 Å². The molecule has 12 heteroatoms. The lowest BCUT2D eigenvalue weighted by Gasteiger charge is -2.25. The minimum absolute atomic E-state index is 0.0519. The van der Waals surface area contributed by atoms with Crippen molar-refractivity contribution in [3.05, 3.63) is 48.5 Å². The lowest BCUT2D eigenvalue weighted by molar-refractivity contribution is -0.145. The molecule has 252 valence electrons. The van der Waals surface area contributed by atoms with Crippen LogP contribution >= 0.6 is 0 Å². The molecule has 3 rings (SSSR count). The van der Waals surface area contributed by atoms with Crippen LogP contribution in [0.2, 0.25) is 0 Å². The number of esters is 2. The van der Waals surface area contributed by atoms with Gasteiger partial charge < -0.3 is 37.9 Å². The molecule has 0 N–H and O–H groups in total. The van der Waals surface area contributed by atoms with E-state index in [1.54, 1.807) is 48.5 Å². The normalized spacial score (nSPS) is 15.6. The molecule has 12 nitrogen and oxygen atoms in total. The Bertz CT molecular complexity index is 1110. The number of hydrogen-bond acceptors (Lipinski definition) is 12. The molecule has 0 aromatic heterocycles. The topological polar surface area (TPSA) is 142 Å². The molecule has 46 heavy (non-hydrogen) atoms. The summed E-state index contributed by atoms with van der Waals surface area (Å²) in [5, 5.41) is 0. The number of rotatable bonds is 18. The monoisotopic (exact) mass is 644 g/mol. The highest BCUT2D eigenvalue weighted by atomic mass is 16.7. The second-order valence-corrected chi connectivity index (χ2v) is 10.6. The van der Waals surface area contributed by atoms with Gasteiger partial charge in [0.15, 0.2) is 0 Å². The molecule has 0 unspecified atom stereocenters. The summed E-state index contributed by atoms with van der Waals surface area (Å²) < 4.78 is 41.8. The number of unbranched alkanes of at least 4 members (excludes halogenated alkanes) is 2. The van der Waals surface area contributed by atoms with E-state index in [9.17, 15) is 19.2 Å².